The molecule has 5 nitrogen and oxygen atoms in total. The molecule has 0 aromatic heterocycles. The largest absolute Gasteiger partial charge is 0.493 e. The van der Waals surface area contributed by atoms with Crippen LogP contribution in [0.5, 0.6) is 11.5 Å². The maximum absolute atomic E-state index is 12.8. The van der Waals surface area contributed by atoms with Crippen molar-refractivity contribution >= 4 is 11.6 Å². The monoisotopic (exact) mass is 392 g/mol. The predicted octanol–water partition coefficient (Wildman–Crippen LogP) is 4.67. The van der Waals surface area contributed by atoms with Crippen LogP contribution >= 0.6 is 0 Å². The van der Waals surface area contributed by atoms with Crippen molar-refractivity contribution < 1.29 is 14.3 Å². The van der Waals surface area contributed by atoms with Crippen molar-refractivity contribution in [3.63, 3.8) is 0 Å². The lowest BCUT2D eigenvalue weighted by molar-refractivity contribution is 0.0954. The zero-order chi connectivity index (χ0) is 20.4. The van der Waals surface area contributed by atoms with Crippen LogP contribution < -0.4 is 20.1 Å². The summed E-state index contributed by atoms with van der Waals surface area (Å²) in [5.74, 6) is 2.10. The fourth-order valence-electron chi connectivity index (χ4n) is 4.52. The summed E-state index contributed by atoms with van der Waals surface area (Å²) in [6, 6.07) is 12.2. The number of carbonyl (C=O) groups is 1. The number of amides is 1. The number of methoxy groups -OCH3 is 2. The van der Waals surface area contributed by atoms with E-state index in [4.69, 9.17) is 9.47 Å². The van der Waals surface area contributed by atoms with Gasteiger partial charge in [0.15, 0.2) is 11.5 Å². The van der Waals surface area contributed by atoms with Crippen LogP contribution in [0.15, 0.2) is 48.6 Å². The molecule has 1 heterocycles. The first kappa shape index (κ1) is 19.4. The number of hydrogen-bond donors (Lipinski definition) is 2. The highest BCUT2D eigenvalue weighted by Crippen LogP contribution is 2.51. The molecule has 1 amide bonds. The maximum Gasteiger partial charge on any atom is 0.253 e. The Morgan fingerprint density at radius 1 is 1.17 bits per heavy atom. The van der Waals surface area contributed by atoms with Crippen molar-refractivity contribution in [3.05, 3.63) is 65.2 Å². The Hall–Kier alpha value is -2.95. The molecular weight excluding hydrogens is 364 g/mol. The molecule has 1 aliphatic heterocycles. The Bertz CT molecular complexity index is 938. The molecule has 2 aromatic rings. The lowest BCUT2D eigenvalue weighted by atomic mass is 9.76. The van der Waals surface area contributed by atoms with E-state index in [0.29, 0.717) is 35.4 Å². The van der Waals surface area contributed by atoms with Crippen molar-refractivity contribution in [3.8, 4) is 11.5 Å². The number of anilines is 1. The van der Waals surface area contributed by atoms with Crippen LogP contribution in [-0.2, 0) is 0 Å². The summed E-state index contributed by atoms with van der Waals surface area (Å²) in [6.45, 7) is 2.73. The molecule has 2 aromatic carbocycles. The SMILES string of the molecule is CCCNC(=O)c1cccc2c1NC(c1ccc(OC)c(OC)c1)C1CC=CC21. The number of rotatable bonds is 6. The van der Waals surface area contributed by atoms with Crippen LogP contribution in [0.4, 0.5) is 5.69 Å². The van der Waals surface area contributed by atoms with E-state index < -0.39 is 0 Å². The van der Waals surface area contributed by atoms with Crippen LogP contribution in [0.3, 0.4) is 0 Å². The minimum Gasteiger partial charge on any atom is -0.493 e. The van der Waals surface area contributed by atoms with Crippen molar-refractivity contribution in [1.29, 1.82) is 0 Å². The molecular formula is C24H28N2O3. The number of nitrogens with one attached hydrogen (secondary N) is 2. The van der Waals surface area contributed by atoms with E-state index in [1.165, 1.54) is 5.56 Å². The van der Waals surface area contributed by atoms with Gasteiger partial charge in [-0.15, -0.1) is 0 Å². The van der Waals surface area contributed by atoms with Gasteiger partial charge in [-0.25, -0.2) is 0 Å². The van der Waals surface area contributed by atoms with Gasteiger partial charge in [-0.05, 0) is 48.1 Å². The van der Waals surface area contributed by atoms with Crippen LogP contribution in [-0.4, -0.2) is 26.7 Å². The predicted molar refractivity (Wildman–Crippen MR) is 115 cm³/mol. The highest BCUT2D eigenvalue weighted by atomic mass is 16.5. The smallest absolute Gasteiger partial charge is 0.253 e. The van der Waals surface area contributed by atoms with Gasteiger partial charge in [-0.1, -0.05) is 37.3 Å². The van der Waals surface area contributed by atoms with Gasteiger partial charge < -0.3 is 20.1 Å². The van der Waals surface area contributed by atoms with Gasteiger partial charge in [0.05, 0.1) is 31.5 Å². The minimum absolute atomic E-state index is 0.0253. The summed E-state index contributed by atoms with van der Waals surface area (Å²) in [5, 5.41) is 6.72. The highest BCUT2D eigenvalue weighted by molar-refractivity contribution is 6.00. The lowest BCUT2D eigenvalue weighted by Crippen LogP contribution is -2.32. The van der Waals surface area contributed by atoms with Crippen molar-refractivity contribution in [2.45, 2.75) is 31.7 Å². The van der Waals surface area contributed by atoms with E-state index in [1.807, 2.05) is 24.3 Å². The van der Waals surface area contributed by atoms with Crippen LogP contribution in [0.1, 0.15) is 53.2 Å². The van der Waals surface area contributed by atoms with Crippen LogP contribution in [0.25, 0.3) is 0 Å². The Kier molecular flexibility index (Phi) is 5.47. The van der Waals surface area contributed by atoms with Crippen molar-refractivity contribution in [2.75, 3.05) is 26.1 Å². The van der Waals surface area contributed by atoms with Gasteiger partial charge in [0.2, 0.25) is 0 Å². The third-order valence-electron chi connectivity index (χ3n) is 5.94. The number of hydrogen-bond acceptors (Lipinski definition) is 4. The lowest BCUT2D eigenvalue weighted by Gasteiger charge is -2.38. The molecule has 0 saturated carbocycles. The van der Waals surface area contributed by atoms with Crippen molar-refractivity contribution in [2.24, 2.45) is 5.92 Å². The second-order valence-electron chi connectivity index (χ2n) is 7.62. The van der Waals surface area contributed by atoms with E-state index in [-0.39, 0.29) is 11.9 Å². The second-order valence-corrected chi connectivity index (χ2v) is 7.62. The van der Waals surface area contributed by atoms with E-state index in [9.17, 15) is 4.79 Å². The zero-order valence-electron chi connectivity index (χ0n) is 17.2. The standard InChI is InChI=1S/C24H28N2O3/c1-4-13-25-24(27)19-10-6-9-18-16-7-5-8-17(16)22(26-23(18)19)15-11-12-20(28-2)21(14-15)29-3/h5-7,9-12,14,16-17,22,26H,4,8,13H2,1-3H3,(H,25,27). The summed E-state index contributed by atoms with van der Waals surface area (Å²) in [7, 11) is 3.30. The molecule has 1 aliphatic carbocycles. The van der Waals surface area contributed by atoms with Gasteiger partial charge in [-0.3, -0.25) is 4.79 Å². The topological polar surface area (TPSA) is 59.6 Å². The van der Waals surface area contributed by atoms with E-state index in [0.717, 1.165) is 24.1 Å². The number of para-hydroxylation sites is 1. The minimum atomic E-state index is -0.0253. The second kappa shape index (κ2) is 8.19. The Labute approximate surface area is 172 Å². The highest BCUT2D eigenvalue weighted by Gasteiger charge is 2.39. The fraction of sp³-hybridized carbons (Fsp3) is 0.375. The van der Waals surface area contributed by atoms with Crippen LogP contribution in [0, 0.1) is 5.92 Å². The zero-order valence-corrected chi connectivity index (χ0v) is 17.2. The number of ether oxygens (including phenoxy) is 2. The Morgan fingerprint density at radius 3 is 2.76 bits per heavy atom. The molecule has 0 radical (unpaired) electrons. The summed E-state index contributed by atoms with van der Waals surface area (Å²) in [4.78, 5) is 12.8. The van der Waals surface area contributed by atoms with E-state index in [1.54, 1.807) is 14.2 Å². The quantitative estimate of drug-likeness (QED) is 0.702. The first-order valence-corrected chi connectivity index (χ1v) is 10.2. The summed E-state index contributed by atoms with van der Waals surface area (Å²) in [5.41, 5.74) is 3.98. The number of benzene rings is 2. The van der Waals surface area contributed by atoms with E-state index in [2.05, 4.69) is 41.8 Å². The van der Waals surface area contributed by atoms with Gasteiger partial charge in [-0.2, -0.15) is 0 Å². The molecule has 0 spiro atoms. The summed E-state index contributed by atoms with van der Waals surface area (Å²) in [6.07, 6.45) is 6.45. The van der Waals surface area contributed by atoms with Gasteiger partial charge in [0, 0.05) is 12.5 Å². The van der Waals surface area contributed by atoms with Crippen LogP contribution in [0.2, 0.25) is 0 Å². The van der Waals surface area contributed by atoms with Crippen molar-refractivity contribution in [1.82, 2.24) is 5.32 Å². The third kappa shape index (κ3) is 3.46. The molecule has 5 heteroatoms. The average molecular weight is 392 g/mol. The van der Waals surface area contributed by atoms with E-state index >= 15 is 0 Å². The van der Waals surface area contributed by atoms with Gasteiger partial charge in [0.1, 0.15) is 0 Å². The fourth-order valence-corrected chi connectivity index (χ4v) is 4.52. The first-order valence-electron chi connectivity index (χ1n) is 10.2. The Morgan fingerprint density at radius 2 is 2.00 bits per heavy atom. The molecule has 2 aliphatic rings. The molecule has 29 heavy (non-hydrogen) atoms. The van der Waals surface area contributed by atoms with Gasteiger partial charge in [0.25, 0.3) is 5.91 Å². The average Bonchev–Trinajstić information content (AvgIpc) is 3.26. The molecule has 3 atom stereocenters. The molecule has 0 bridgehead atoms. The summed E-state index contributed by atoms with van der Waals surface area (Å²) >= 11 is 0. The normalized spacial score (nSPS) is 21.7. The number of carbonyl (C=O) groups excluding carboxylic acids is 1. The van der Waals surface area contributed by atoms with Gasteiger partial charge >= 0.3 is 0 Å². The molecule has 4 rings (SSSR count). The molecule has 0 saturated heterocycles. The maximum atomic E-state index is 12.8. The molecule has 2 N–H and O–H groups in total. The summed E-state index contributed by atoms with van der Waals surface area (Å²) < 4.78 is 10.9. The number of allylic oxidation sites excluding steroid dienone is 2. The first-order chi connectivity index (χ1) is 14.2. The Balaban J connectivity index is 1.75. The molecule has 3 unspecified atom stereocenters. The molecule has 152 valence electrons. The molecule has 0 fully saturated rings. The number of fused-ring (bicyclic) bond motifs is 3. The third-order valence-corrected chi connectivity index (χ3v) is 5.94.